The van der Waals surface area contributed by atoms with Gasteiger partial charge in [-0.3, -0.25) is 4.57 Å². The van der Waals surface area contributed by atoms with Crippen LogP contribution in [0.4, 0.5) is 17.6 Å². The van der Waals surface area contributed by atoms with Gasteiger partial charge in [-0.15, -0.1) is 0 Å². The van der Waals surface area contributed by atoms with Gasteiger partial charge in [0.2, 0.25) is 5.82 Å². The summed E-state index contributed by atoms with van der Waals surface area (Å²) in [6.07, 6.45) is 4.61. The molecule has 0 N–H and O–H groups in total. The zero-order chi connectivity index (χ0) is 25.4. The zero-order valence-electron chi connectivity index (χ0n) is 19.4. The number of imidazole rings is 1. The first-order chi connectivity index (χ1) is 17.2. The van der Waals surface area contributed by atoms with Gasteiger partial charge in [-0.25, -0.2) is 29.0 Å². The Balaban J connectivity index is 1.44. The number of methoxy groups -OCH3 is 1. The number of hydrogen-bond acceptors (Lipinski definition) is 6. The van der Waals surface area contributed by atoms with Crippen molar-refractivity contribution in [1.82, 2.24) is 34.3 Å². The summed E-state index contributed by atoms with van der Waals surface area (Å²) >= 11 is 0. The Bertz CT molecular complexity index is 1440. The second-order valence-electron chi connectivity index (χ2n) is 8.36. The van der Waals surface area contributed by atoms with E-state index in [2.05, 4.69) is 25.0 Å². The van der Waals surface area contributed by atoms with Crippen LogP contribution in [0.25, 0.3) is 18.0 Å². The predicted octanol–water partition coefficient (Wildman–Crippen LogP) is 4.82. The first kappa shape index (κ1) is 23.6. The molecule has 0 aliphatic carbocycles. The largest absolute Gasteiger partial charge is 0.478 e. The number of benzene rings is 1. The summed E-state index contributed by atoms with van der Waals surface area (Å²) in [7, 11) is 1.49. The van der Waals surface area contributed by atoms with E-state index in [9.17, 15) is 17.6 Å². The van der Waals surface area contributed by atoms with Gasteiger partial charge in [0.15, 0.2) is 5.82 Å². The molecule has 0 amide bonds. The summed E-state index contributed by atoms with van der Waals surface area (Å²) in [6.45, 7) is 2.39. The van der Waals surface area contributed by atoms with Crippen molar-refractivity contribution in [1.29, 1.82) is 0 Å². The van der Waals surface area contributed by atoms with E-state index in [0.717, 1.165) is 11.8 Å². The van der Waals surface area contributed by atoms with E-state index < -0.39 is 23.5 Å². The lowest BCUT2D eigenvalue weighted by Crippen LogP contribution is -2.21. The number of fused-ring (bicyclic) bond motifs is 1. The Hall–Kier alpha value is -4.09. The van der Waals surface area contributed by atoms with E-state index in [1.807, 2.05) is 6.92 Å². The van der Waals surface area contributed by atoms with Gasteiger partial charge >= 0.3 is 6.18 Å². The van der Waals surface area contributed by atoms with Gasteiger partial charge in [0.05, 0.1) is 30.3 Å². The summed E-state index contributed by atoms with van der Waals surface area (Å²) in [6, 6.07) is 2.77. The van der Waals surface area contributed by atoms with Gasteiger partial charge in [-0.1, -0.05) is 6.07 Å². The molecule has 0 unspecified atom stereocenters. The van der Waals surface area contributed by atoms with Crippen LogP contribution in [0.2, 0.25) is 0 Å². The fraction of sp³-hybridized carbons (Fsp3) is 0.292. The molecule has 0 radical (unpaired) electrons. The highest BCUT2D eigenvalue weighted by molar-refractivity contribution is 5.64. The number of aryl methyl sites for hydroxylation is 2. The molecule has 1 aromatic carbocycles. The molecule has 4 heterocycles. The van der Waals surface area contributed by atoms with Crippen LogP contribution in [0.3, 0.4) is 0 Å². The molecular weight excluding hydrogens is 478 g/mol. The van der Waals surface area contributed by atoms with E-state index in [1.54, 1.807) is 40.1 Å². The van der Waals surface area contributed by atoms with Crippen LogP contribution in [0.15, 0.2) is 36.9 Å². The van der Waals surface area contributed by atoms with Crippen LogP contribution in [0, 0.1) is 12.7 Å². The molecular formula is C24H21F4N7O. The summed E-state index contributed by atoms with van der Waals surface area (Å²) in [5.41, 5.74) is 0.305. The lowest BCUT2D eigenvalue weighted by molar-refractivity contribution is -0.138. The maximum absolute atomic E-state index is 13.6. The van der Waals surface area contributed by atoms with Crippen molar-refractivity contribution in [3.05, 3.63) is 76.9 Å². The molecule has 0 saturated carbocycles. The number of aromatic nitrogens is 7. The monoisotopic (exact) mass is 499 g/mol. The predicted molar refractivity (Wildman–Crippen MR) is 122 cm³/mol. The molecule has 1 aliphatic heterocycles. The molecule has 36 heavy (non-hydrogen) atoms. The standard InChI is InChI=1S/C24H21F4N7O/c1-14-12-34(13-30-14)22-23(36-2)31-16(11-29-22)6-8-20-32-21-18(4-3-9-35(21)33-20)17-7-5-15(25)10-19(17)24(26,27)28/h5-8,10-13,18H,3-4,9H2,1-2H3/t18-/m0/s1. The molecule has 1 atom stereocenters. The van der Waals surface area contributed by atoms with Crippen molar-refractivity contribution >= 4 is 12.2 Å². The summed E-state index contributed by atoms with van der Waals surface area (Å²) in [5, 5.41) is 4.43. The molecule has 0 saturated heterocycles. The molecule has 0 fully saturated rings. The van der Waals surface area contributed by atoms with E-state index in [-0.39, 0.29) is 5.56 Å². The van der Waals surface area contributed by atoms with Crippen molar-refractivity contribution in [3.8, 4) is 11.7 Å². The van der Waals surface area contributed by atoms with E-state index in [0.29, 0.717) is 54.5 Å². The zero-order valence-corrected chi connectivity index (χ0v) is 19.4. The molecule has 3 aromatic heterocycles. The van der Waals surface area contributed by atoms with Crippen LogP contribution < -0.4 is 4.74 Å². The van der Waals surface area contributed by atoms with Crippen molar-refractivity contribution in [2.24, 2.45) is 0 Å². The molecule has 0 spiro atoms. The van der Waals surface area contributed by atoms with Gasteiger partial charge < -0.3 is 4.74 Å². The Morgan fingerprint density at radius 3 is 2.69 bits per heavy atom. The Kier molecular flexibility index (Phi) is 6.02. The van der Waals surface area contributed by atoms with E-state index >= 15 is 0 Å². The normalized spacial score (nSPS) is 15.9. The van der Waals surface area contributed by atoms with Gasteiger partial charge in [0.25, 0.3) is 5.88 Å². The van der Waals surface area contributed by atoms with Crippen LogP contribution in [0.1, 0.15) is 52.9 Å². The fourth-order valence-corrected chi connectivity index (χ4v) is 4.28. The van der Waals surface area contributed by atoms with Crippen molar-refractivity contribution in [2.75, 3.05) is 7.11 Å². The van der Waals surface area contributed by atoms with Gasteiger partial charge in [-0.05, 0) is 49.6 Å². The van der Waals surface area contributed by atoms with Gasteiger partial charge in [0.1, 0.15) is 18.0 Å². The molecule has 12 heteroatoms. The average Bonchev–Trinajstić information content (AvgIpc) is 3.47. The highest BCUT2D eigenvalue weighted by atomic mass is 19.4. The second-order valence-corrected chi connectivity index (χ2v) is 8.36. The third-order valence-corrected chi connectivity index (χ3v) is 5.88. The van der Waals surface area contributed by atoms with E-state index in [1.165, 1.54) is 13.2 Å². The van der Waals surface area contributed by atoms with Gasteiger partial charge in [0, 0.05) is 18.7 Å². The van der Waals surface area contributed by atoms with Gasteiger partial charge in [-0.2, -0.15) is 18.3 Å². The first-order valence-electron chi connectivity index (χ1n) is 11.1. The molecule has 5 rings (SSSR count). The van der Waals surface area contributed by atoms with Crippen LogP contribution >= 0.6 is 0 Å². The van der Waals surface area contributed by atoms with E-state index in [4.69, 9.17) is 4.74 Å². The minimum Gasteiger partial charge on any atom is -0.478 e. The Labute approximate surface area is 203 Å². The minimum absolute atomic E-state index is 0.00582. The molecule has 186 valence electrons. The Morgan fingerprint density at radius 2 is 1.97 bits per heavy atom. The molecule has 1 aliphatic rings. The lowest BCUT2D eigenvalue weighted by Gasteiger charge is -2.25. The Morgan fingerprint density at radius 1 is 1.14 bits per heavy atom. The average molecular weight is 499 g/mol. The molecule has 4 aromatic rings. The summed E-state index contributed by atoms with van der Waals surface area (Å²) < 4.78 is 63.2. The third kappa shape index (κ3) is 4.58. The smallest absolute Gasteiger partial charge is 0.416 e. The summed E-state index contributed by atoms with van der Waals surface area (Å²) in [4.78, 5) is 17.5. The minimum atomic E-state index is -4.68. The molecule has 0 bridgehead atoms. The first-order valence-corrected chi connectivity index (χ1v) is 11.1. The number of hydrogen-bond donors (Lipinski definition) is 0. The SMILES string of the molecule is COc1nc(C=Cc2nc3n(n2)CCC[C@H]3c2ccc(F)cc2C(F)(F)F)cnc1-n1cnc(C)c1. The number of halogens is 4. The number of nitrogens with zero attached hydrogens (tertiary/aromatic N) is 7. The molecule has 8 nitrogen and oxygen atoms in total. The fourth-order valence-electron chi connectivity index (χ4n) is 4.28. The van der Waals surface area contributed by atoms with Crippen molar-refractivity contribution in [3.63, 3.8) is 0 Å². The maximum Gasteiger partial charge on any atom is 0.416 e. The van der Waals surface area contributed by atoms with Crippen LogP contribution in [0.5, 0.6) is 5.88 Å². The van der Waals surface area contributed by atoms with Crippen molar-refractivity contribution < 1.29 is 22.3 Å². The second kappa shape index (κ2) is 9.17. The number of rotatable bonds is 5. The number of alkyl halides is 3. The third-order valence-electron chi connectivity index (χ3n) is 5.88. The maximum atomic E-state index is 13.6. The highest BCUT2D eigenvalue weighted by Gasteiger charge is 2.38. The van der Waals surface area contributed by atoms with Crippen molar-refractivity contribution in [2.45, 2.75) is 38.4 Å². The van der Waals surface area contributed by atoms with Crippen LogP contribution in [-0.2, 0) is 12.7 Å². The van der Waals surface area contributed by atoms with Crippen LogP contribution in [-0.4, -0.2) is 41.4 Å². The lowest BCUT2D eigenvalue weighted by atomic mass is 9.87. The highest BCUT2D eigenvalue weighted by Crippen LogP contribution is 2.40. The number of ether oxygens (including phenoxy) is 1. The summed E-state index contributed by atoms with van der Waals surface area (Å²) in [5.74, 6) is -0.0765. The topological polar surface area (TPSA) is 83.5 Å². The quantitative estimate of drug-likeness (QED) is 0.366.